The van der Waals surface area contributed by atoms with E-state index in [0.29, 0.717) is 6.42 Å². The van der Waals surface area contributed by atoms with Gasteiger partial charge in [-0.3, -0.25) is 29.6 Å². The number of barbiturate groups is 1. The van der Waals surface area contributed by atoms with Crippen LogP contribution in [0.2, 0.25) is 0 Å². The molecule has 0 bridgehead atoms. The summed E-state index contributed by atoms with van der Waals surface area (Å²) in [6.07, 6.45) is 2.34. The van der Waals surface area contributed by atoms with Gasteiger partial charge in [0.15, 0.2) is 5.92 Å². The number of carbonyl (C=O) groups excluding carboxylic acids is 5. The molecule has 0 saturated carbocycles. The van der Waals surface area contributed by atoms with Crippen molar-refractivity contribution in [2.24, 2.45) is 10.9 Å². The number of carbonyl (C=O) groups is 5. The van der Waals surface area contributed by atoms with Crippen LogP contribution in [0.25, 0.3) is 0 Å². The van der Waals surface area contributed by atoms with Gasteiger partial charge in [-0.05, 0) is 6.42 Å². The van der Waals surface area contributed by atoms with Gasteiger partial charge in [-0.25, -0.2) is 4.79 Å². The lowest BCUT2D eigenvalue weighted by atomic mass is 10.1. The molecule has 1 fully saturated rings. The second-order valence-corrected chi connectivity index (χ2v) is 4.75. The number of carboxylic acids is 1. The molecule has 5 amide bonds. The number of aliphatic carboxylic acids is 1. The van der Waals surface area contributed by atoms with E-state index in [4.69, 9.17) is 0 Å². The number of hydrogen-bond donors (Lipinski definition) is 2. The molecular weight excluding hydrogens is 308 g/mol. The number of rotatable bonds is 8. The summed E-state index contributed by atoms with van der Waals surface area (Å²) in [4.78, 5) is 61.4. The van der Waals surface area contributed by atoms with Gasteiger partial charge in [0, 0.05) is 12.8 Å². The Morgan fingerprint density at radius 3 is 2.70 bits per heavy atom. The second kappa shape index (κ2) is 8.61. The molecule has 2 N–H and O–H groups in total. The molecule has 0 unspecified atom stereocenters. The molecule has 1 atom stereocenters. The average molecular weight is 325 g/mol. The summed E-state index contributed by atoms with van der Waals surface area (Å²) in [7, 11) is 0. The Morgan fingerprint density at radius 1 is 1.39 bits per heavy atom. The van der Waals surface area contributed by atoms with Crippen LogP contribution in [-0.2, 0) is 19.2 Å². The normalized spacial score (nSPS) is 18.2. The van der Waals surface area contributed by atoms with E-state index in [1.54, 1.807) is 0 Å². The SMILES string of the molecule is CCCCN1C(=O)NC(=O)[C@@H](C=NCC(=O)NCC(=O)[O-])C1=O. The molecule has 0 aromatic heterocycles. The van der Waals surface area contributed by atoms with E-state index in [-0.39, 0.29) is 6.54 Å². The number of urea groups is 1. The minimum atomic E-state index is -1.45. The molecule has 0 aliphatic carbocycles. The first kappa shape index (κ1) is 18.3. The van der Waals surface area contributed by atoms with Crippen molar-refractivity contribution in [3.63, 3.8) is 0 Å². The number of nitrogens with one attached hydrogen (secondary N) is 2. The molecule has 23 heavy (non-hydrogen) atoms. The van der Waals surface area contributed by atoms with E-state index in [0.717, 1.165) is 17.5 Å². The smallest absolute Gasteiger partial charge is 0.330 e. The third kappa shape index (κ3) is 5.49. The van der Waals surface area contributed by atoms with Gasteiger partial charge in [0.05, 0.1) is 12.5 Å². The van der Waals surface area contributed by atoms with E-state index < -0.39 is 48.7 Å². The standard InChI is InChI=1S/C13H18N4O6/c1-2-3-4-17-12(22)8(11(21)16-13(17)23)5-14-6-9(18)15-7-10(19)20/h5,8H,2-4,6-7H2,1H3,(H,15,18)(H,19,20)(H,16,21,23)/p-1/t8-/m1/s1. The van der Waals surface area contributed by atoms with Crippen molar-refractivity contribution in [1.29, 1.82) is 0 Å². The van der Waals surface area contributed by atoms with E-state index in [9.17, 15) is 29.1 Å². The molecule has 10 heteroatoms. The van der Waals surface area contributed by atoms with Crippen molar-refractivity contribution in [1.82, 2.24) is 15.5 Å². The minimum Gasteiger partial charge on any atom is -0.548 e. The predicted molar refractivity (Wildman–Crippen MR) is 75.0 cm³/mol. The molecule has 0 aromatic carbocycles. The lowest BCUT2D eigenvalue weighted by Crippen LogP contribution is -2.58. The molecule has 1 aliphatic rings. The van der Waals surface area contributed by atoms with Crippen LogP contribution in [-0.4, -0.2) is 60.5 Å². The Bertz CT molecular complexity index is 545. The van der Waals surface area contributed by atoms with Crippen LogP contribution in [0.5, 0.6) is 0 Å². The average Bonchev–Trinajstić information content (AvgIpc) is 2.48. The van der Waals surface area contributed by atoms with E-state index in [2.05, 4.69) is 4.99 Å². The van der Waals surface area contributed by atoms with Gasteiger partial charge >= 0.3 is 6.03 Å². The van der Waals surface area contributed by atoms with Crippen LogP contribution in [0.3, 0.4) is 0 Å². The topological polar surface area (TPSA) is 148 Å². The zero-order valence-corrected chi connectivity index (χ0v) is 12.5. The van der Waals surface area contributed by atoms with Crippen molar-refractivity contribution < 1.29 is 29.1 Å². The van der Waals surface area contributed by atoms with Gasteiger partial charge in [-0.2, -0.15) is 0 Å². The Balaban J connectivity index is 2.62. The molecule has 10 nitrogen and oxygen atoms in total. The molecule has 1 rings (SSSR count). The fourth-order valence-corrected chi connectivity index (χ4v) is 1.76. The molecule has 0 spiro atoms. The fraction of sp³-hybridized carbons (Fsp3) is 0.538. The minimum absolute atomic E-state index is 0.185. The largest absolute Gasteiger partial charge is 0.548 e. The molecule has 1 heterocycles. The number of imide groups is 2. The fourth-order valence-electron chi connectivity index (χ4n) is 1.76. The van der Waals surface area contributed by atoms with E-state index in [1.165, 1.54) is 0 Å². The monoisotopic (exact) mass is 325 g/mol. The van der Waals surface area contributed by atoms with Crippen LogP contribution in [0.4, 0.5) is 4.79 Å². The Labute approximate surface area is 131 Å². The van der Waals surface area contributed by atoms with Gasteiger partial charge in [0.25, 0.3) is 0 Å². The van der Waals surface area contributed by atoms with E-state index in [1.807, 2.05) is 17.6 Å². The van der Waals surface area contributed by atoms with Crippen molar-refractivity contribution in [3.05, 3.63) is 0 Å². The molecular formula is C13H17N4O6-. The summed E-state index contributed by atoms with van der Waals surface area (Å²) in [6.45, 7) is 0.969. The number of hydrogen-bond acceptors (Lipinski definition) is 7. The van der Waals surface area contributed by atoms with Crippen LogP contribution >= 0.6 is 0 Å². The number of carboxylic acid groups (broad SMARTS) is 1. The van der Waals surface area contributed by atoms with Gasteiger partial charge in [0.2, 0.25) is 17.7 Å². The zero-order valence-electron chi connectivity index (χ0n) is 12.5. The number of aliphatic imine (C=N–C) groups is 1. The molecule has 0 aromatic rings. The number of nitrogens with zero attached hydrogens (tertiary/aromatic N) is 2. The van der Waals surface area contributed by atoms with Crippen molar-refractivity contribution in [2.45, 2.75) is 19.8 Å². The van der Waals surface area contributed by atoms with Crippen molar-refractivity contribution >= 4 is 35.9 Å². The van der Waals surface area contributed by atoms with E-state index >= 15 is 0 Å². The summed E-state index contributed by atoms with van der Waals surface area (Å²) < 4.78 is 0. The maximum Gasteiger partial charge on any atom is 0.330 e. The summed E-state index contributed by atoms with van der Waals surface area (Å²) in [6, 6.07) is -0.773. The Morgan fingerprint density at radius 2 is 2.09 bits per heavy atom. The third-order valence-corrected chi connectivity index (χ3v) is 2.94. The summed E-state index contributed by atoms with van der Waals surface area (Å²) in [5.41, 5.74) is 0. The molecule has 0 radical (unpaired) electrons. The highest BCUT2D eigenvalue weighted by Gasteiger charge is 2.38. The van der Waals surface area contributed by atoms with Gasteiger partial charge in [-0.15, -0.1) is 0 Å². The third-order valence-electron chi connectivity index (χ3n) is 2.94. The van der Waals surface area contributed by atoms with Crippen LogP contribution in [0, 0.1) is 5.92 Å². The quantitative estimate of drug-likeness (QED) is 0.370. The highest BCUT2D eigenvalue weighted by molar-refractivity contribution is 6.23. The van der Waals surface area contributed by atoms with Crippen molar-refractivity contribution in [2.75, 3.05) is 19.6 Å². The maximum absolute atomic E-state index is 12.1. The first-order valence-corrected chi connectivity index (χ1v) is 6.99. The Kier molecular flexibility index (Phi) is 6.84. The maximum atomic E-state index is 12.1. The number of unbranched alkanes of at least 4 members (excludes halogenated alkanes) is 1. The van der Waals surface area contributed by atoms with Crippen molar-refractivity contribution in [3.8, 4) is 0 Å². The highest BCUT2D eigenvalue weighted by atomic mass is 16.4. The first-order chi connectivity index (χ1) is 10.9. The van der Waals surface area contributed by atoms with Crippen LogP contribution < -0.4 is 15.7 Å². The highest BCUT2D eigenvalue weighted by Crippen LogP contribution is 2.10. The van der Waals surface area contributed by atoms with Gasteiger partial charge in [-0.1, -0.05) is 13.3 Å². The van der Waals surface area contributed by atoms with Gasteiger partial charge < -0.3 is 15.2 Å². The lowest BCUT2D eigenvalue weighted by Gasteiger charge is -2.28. The predicted octanol–water partition coefficient (Wildman–Crippen LogP) is -2.58. The number of amides is 5. The van der Waals surface area contributed by atoms with Crippen LogP contribution in [0.15, 0.2) is 4.99 Å². The summed E-state index contributed by atoms with van der Waals surface area (Å²) >= 11 is 0. The summed E-state index contributed by atoms with van der Waals surface area (Å²) in [5, 5.41) is 14.2. The zero-order chi connectivity index (χ0) is 17.4. The molecule has 1 saturated heterocycles. The van der Waals surface area contributed by atoms with Crippen LogP contribution in [0.1, 0.15) is 19.8 Å². The lowest BCUT2D eigenvalue weighted by molar-refractivity contribution is -0.304. The Hall–Kier alpha value is -2.78. The molecule has 1 aliphatic heterocycles. The summed E-state index contributed by atoms with van der Waals surface area (Å²) in [5.74, 6) is -4.96. The van der Waals surface area contributed by atoms with Gasteiger partial charge in [0.1, 0.15) is 6.54 Å². The first-order valence-electron chi connectivity index (χ1n) is 6.99. The molecule has 126 valence electrons. The second-order valence-electron chi connectivity index (χ2n) is 4.75.